The Bertz CT molecular complexity index is 447. The monoisotopic (exact) mass is 253 g/mol. The zero-order valence-electron chi connectivity index (χ0n) is 10.1. The molecular weight excluding hydrogens is 237 g/mol. The van der Waals surface area contributed by atoms with E-state index in [1.165, 1.54) is 12.3 Å². The molecule has 2 heterocycles. The Balaban J connectivity index is 2.09. The van der Waals surface area contributed by atoms with Gasteiger partial charge in [0.05, 0.1) is 11.8 Å². The molecule has 1 aliphatic rings. The molecule has 3 N–H and O–H groups in total. The fraction of sp³-hybridized carbons (Fsp3) is 0.500. The Hall–Kier alpha value is -1.69. The minimum Gasteiger partial charge on any atom is -0.487 e. The highest BCUT2D eigenvalue weighted by Gasteiger charge is 2.22. The van der Waals surface area contributed by atoms with Gasteiger partial charge in [0.25, 0.3) is 5.91 Å². The lowest BCUT2D eigenvalue weighted by Crippen LogP contribution is -2.36. The van der Waals surface area contributed by atoms with Crippen molar-refractivity contribution in [1.29, 1.82) is 0 Å². The molecule has 1 fully saturated rings. The van der Waals surface area contributed by atoms with Crippen molar-refractivity contribution < 1.29 is 13.9 Å². The molecule has 0 saturated carbocycles. The first-order valence-electron chi connectivity index (χ1n) is 5.93. The van der Waals surface area contributed by atoms with E-state index in [4.69, 9.17) is 10.5 Å². The van der Waals surface area contributed by atoms with Gasteiger partial charge in [-0.05, 0) is 32.4 Å². The van der Waals surface area contributed by atoms with E-state index >= 15 is 0 Å². The first kappa shape index (κ1) is 12.8. The van der Waals surface area contributed by atoms with E-state index in [1.807, 2.05) is 6.92 Å². The Morgan fingerprint density at radius 3 is 3.11 bits per heavy atom. The van der Waals surface area contributed by atoms with Crippen molar-refractivity contribution in [3.05, 3.63) is 23.8 Å². The smallest absolute Gasteiger partial charge is 0.253 e. The Morgan fingerprint density at radius 2 is 2.50 bits per heavy atom. The number of nitrogens with one attached hydrogen (secondary N) is 1. The number of nitrogens with zero attached hydrogens (tertiary/aromatic N) is 1. The van der Waals surface area contributed by atoms with Crippen LogP contribution in [0.4, 0.5) is 4.39 Å². The second-order valence-electron chi connectivity index (χ2n) is 4.40. The van der Waals surface area contributed by atoms with Gasteiger partial charge >= 0.3 is 0 Å². The highest BCUT2D eigenvalue weighted by Crippen LogP contribution is 2.19. The molecule has 5 nitrogen and oxygen atoms in total. The number of carbonyl (C=O) groups is 1. The molecule has 1 aromatic rings. The number of nitrogens with two attached hydrogens (primary N) is 1. The van der Waals surface area contributed by atoms with Gasteiger partial charge in [-0.1, -0.05) is 0 Å². The van der Waals surface area contributed by atoms with E-state index in [-0.39, 0.29) is 17.7 Å². The molecule has 6 heteroatoms. The highest BCUT2D eigenvalue weighted by molar-refractivity contribution is 5.93. The average molecular weight is 253 g/mol. The summed E-state index contributed by atoms with van der Waals surface area (Å²) in [4.78, 5) is 14.5. The Labute approximate surface area is 105 Å². The maximum atomic E-state index is 13.2. The standard InChI is InChI=1S/C12H16FN3O2/c1-7(10-3-2-4-15-10)18-8-5-9(12(14)17)11(13)16-6-8/h5-7,10,15H,2-4H2,1H3,(H2,14,17)/t7?,10-/m0/s1. The van der Waals surface area contributed by atoms with Crippen LogP contribution in [0.15, 0.2) is 12.3 Å². The molecule has 1 aromatic heterocycles. The van der Waals surface area contributed by atoms with Gasteiger partial charge in [0, 0.05) is 6.04 Å². The van der Waals surface area contributed by atoms with E-state index in [0.717, 1.165) is 19.4 Å². The van der Waals surface area contributed by atoms with Gasteiger partial charge in [-0.25, -0.2) is 4.98 Å². The number of halogens is 1. The molecule has 0 spiro atoms. The summed E-state index contributed by atoms with van der Waals surface area (Å²) in [5, 5.41) is 3.31. The number of aromatic nitrogens is 1. The summed E-state index contributed by atoms with van der Waals surface area (Å²) in [6.07, 6.45) is 3.35. The number of amides is 1. The highest BCUT2D eigenvalue weighted by atomic mass is 19.1. The molecular formula is C12H16FN3O2. The van der Waals surface area contributed by atoms with Crippen LogP contribution < -0.4 is 15.8 Å². The third kappa shape index (κ3) is 2.76. The lowest BCUT2D eigenvalue weighted by Gasteiger charge is -2.21. The minimum absolute atomic E-state index is 0.0690. The van der Waals surface area contributed by atoms with Gasteiger partial charge in [0.1, 0.15) is 11.9 Å². The van der Waals surface area contributed by atoms with Gasteiger partial charge in [-0.2, -0.15) is 4.39 Å². The normalized spacial score (nSPS) is 20.7. The lowest BCUT2D eigenvalue weighted by molar-refractivity contribution is 0.0994. The van der Waals surface area contributed by atoms with Gasteiger partial charge in [0.2, 0.25) is 5.95 Å². The molecule has 1 amide bonds. The van der Waals surface area contributed by atoms with Crippen LogP contribution in [0.2, 0.25) is 0 Å². The fourth-order valence-corrected chi connectivity index (χ4v) is 2.08. The summed E-state index contributed by atoms with van der Waals surface area (Å²) in [5.74, 6) is -1.37. The summed E-state index contributed by atoms with van der Waals surface area (Å²) >= 11 is 0. The molecule has 0 aromatic carbocycles. The number of pyridine rings is 1. The second-order valence-corrected chi connectivity index (χ2v) is 4.40. The van der Waals surface area contributed by atoms with Crippen LogP contribution in [0.25, 0.3) is 0 Å². The summed E-state index contributed by atoms with van der Waals surface area (Å²) in [5.41, 5.74) is 4.80. The number of ether oxygens (including phenoxy) is 1. The zero-order chi connectivity index (χ0) is 13.1. The Kier molecular flexibility index (Phi) is 3.76. The fourth-order valence-electron chi connectivity index (χ4n) is 2.08. The third-order valence-electron chi connectivity index (χ3n) is 3.07. The van der Waals surface area contributed by atoms with Crippen molar-refractivity contribution >= 4 is 5.91 Å². The Morgan fingerprint density at radius 1 is 1.72 bits per heavy atom. The van der Waals surface area contributed by atoms with Crippen molar-refractivity contribution in [2.24, 2.45) is 5.73 Å². The van der Waals surface area contributed by atoms with Crippen LogP contribution in [-0.4, -0.2) is 29.6 Å². The molecule has 1 aliphatic heterocycles. The van der Waals surface area contributed by atoms with Crippen molar-refractivity contribution in [3.63, 3.8) is 0 Å². The van der Waals surface area contributed by atoms with Crippen molar-refractivity contribution in [1.82, 2.24) is 10.3 Å². The quantitative estimate of drug-likeness (QED) is 0.779. The van der Waals surface area contributed by atoms with Gasteiger partial charge in [-0.3, -0.25) is 4.79 Å². The summed E-state index contributed by atoms with van der Waals surface area (Å²) in [6.45, 7) is 2.91. The van der Waals surface area contributed by atoms with Crippen LogP contribution in [0.1, 0.15) is 30.1 Å². The van der Waals surface area contributed by atoms with E-state index in [2.05, 4.69) is 10.3 Å². The maximum absolute atomic E-state index is 13.2. The molecule has 2 atom stereocenters. The van der Waals surface area contributed by atoms with Crippen molar-refractivity contribution in [2.45, 2.75) is 31.9 Å². The number of primary amides is 1. The first-order valence-corrected chi connectivity index (χ1v) is 5.93. The maximum Gasteiger partial charge on any atom is 0.253 e. The van der Waals surface area contributed by atoms with Gasteiger partial charge in [-0.15, -0.1) is 0 Å². The lowest BCUT2D eigenvalue weighted by atomic mass is 10.1. The molecule has 0 bridgehead atoms. The zero-order valence-corrected chi connectivity index (χ0v) is 10.1. The molecule has 1 unspecified atom stereocenters. The van der Waals surface area contributed by atoms with Crippen LogP contribution >= 0.6 is 0 Å². The van der Waals surface area contributed by atoms with Crippen LogP contribution in [0.5, 0.6) is 5.75 Å². The molecule has 98 valence electrons. The number of carbonyl (C=O) groups excluding carboxylic acids is 1. The number of hydrogen-bond acceptors (Lipinski definition) is 4. The molecule has 0 aliphatic carbocycles. The number of hydrogen-bond donors (Lipinski definition) is 2. The summed E-state index contributed by atoms with van der Waals surface area (Å²) in [6, 6.07) is 1.56. The molecule has 2 rings (SSSR count). The largest absolute Gasteiger partial charge is 0.487 e. The summed E-state index contributed by atoms with van der Waals surface area (Å²) in [7, 11) is 0. The van der Waals surface area contributed by atoms with Crippen LogP contribution in [-0.2, 0) is 0 Å². The van der Waals surface area contributed by atoms with Gasteiger partial charge < -0.3 is 15.8 Å². The topological polar surface area (TPSA) is 77.2 Å². The molecule has 0 radical (unpaired) electrons. The number of rotatable bonds is 4. The van der Waals surface area contributed by atoms with Gasteiger partial charge in [0.15, 0.2) is 0 Å². The minimum atomic E-state index is -0.874. The van der Waals surface area contributed by atoms with Crippen LogP contribution in [0.3, 0.4) is 0 Å². The second kappa shape index (κ2) is 5.30. The van der Waals surface area contributed by atoms with E-state index in [9.17, 15) is 9.18 Å². The summed E-state index contributed by atoms with van der Waals surface area (Å²) < 4.78 is 18.8. The SMILES string of the molecule is CC(Oc1cnc(F)c(C(N)=O)c1)[C@@H]1CCCN1. The van der Waals surface area contributed by atoms with E-state index in [1.54, 1.807) is 0 Å². The molecule has 18 heavy (non-hydrogen) atoms. The van der Waals surface area contributed by atoms with Crippen molar-refractivity contribution in [2.75, 3.05) is 6.54 Å². The predicted molar refractivity (Wildman–Crippen MR) is 63.8 cm³/mol. The first-order chi connectivity index (χ1) is 8.58. The van der Waals surface area contributed by atoms with E-state index in [0.29, 0.717) is 5.75 Å². The van der Waals surface area contributed by atoms with Crippen LogP contribution in [0, 0.1) is 5.95 Å². The predicted octanol–water partition coefficient (Wildman–Crippen LogP) is 0.839. The average Bonchev–Trinajstić information content (AvgIpc) is 2.85. The van der Waals surface area contributed by atoms with Crippen molar-refractivity contribution in [3.8, 4) is 5.75 Å². The molecule has 1 saturated heterocycles. The van der Waals surface area contributed by atoms with E-state index < -0.39 is 11.9 Å². The third-order valence-corrected chi connectivity index (χ3v) is 3.07.